The minimum Gasteiger partial charge on any atom is -0.335 e. The highest BCUT2D eigenvalue weighted by Crippen LogP contribution is 2.19. The molecule has 4 rings (SSSR count). The first kappa shape index (κ1) is 20.2. The molecule has 2 aromatic carbocycles. The van der Waals surface area contributed by atoms with Gasteiger partial charge in [0.2, 0.25) is 10.0 Å². The van der Waals surface area contributed by atoms with Crippen molar-refractivity contribution in [2.45, 2.75) is 4.90 Å². The summed E-state index contributed by atoms with van der Waals surface area (Å²) in [6.07, 6.45) is 1.60. The van der Waals surface area contributed by atoms with E-state index < -0.39 is 15.8 Å². The molecule has 7 nitrogen and oxygen atoms in total. The zero-order valence-corrected chi connectivity index (χ0v) is 16.6. The van der Waals surface area contributed by atoms with Gasteiger partial charge in [-0.15, -0.1) is 0 Å². The first-order valence-corrected chi connectivity index (χ1v) is 10.7. The Hall–Kier alpha value is -3.11. The van der Waals surface area contributed by atoms with E-state index in [0.29, 0.717) is 5.69 Å². The summed E-state index contributed by atoms with van der Waals surface area (Å²) in [4.78, 5) is 14.2. The summed E-state index contributed by atoms with van der Waals surface area (Å²) >= 11 is 0. The number of carbonyl (C=O) groups excluding carboxylic acids is 1. The molecule has 0 saturated carbocycles. The number of hydrogen-bond donors (Lipinski definition) is 0. The van der Waals surface area contributed by atoms with Crippen LogP contribution in [-0.2, 0) is 10.0 Å². The van der Waals surface area contributed by atoms with Gasteiger partial charge in [-0.05, 0) is 48.5 Å². The third-order valence-corrected chi connectivity index (χ3v) is 6.75. The zero-order valence-electron chi connectivity index (χ0n) is 15.8. The van der Waals surface area contributed by atoms with Crippen molar-refractivity contribution in [1.29, 1.82) is 0 Å². The van der Waals surface area contributed by atoms with Crippen LogP contribution >= 0.6 is 0 Å². The summed E-state index contributed by atoms with van der Waals surface area (Å²) < 4.78 is 54.5. The van der Waals surface area contributed by atoms with E-state index in [9.17, 15) is 22.0 Å². The van der Waals surface area contributed by atoms with E-state index in [1.807, 2.05) is 0 Å². The Morgan fingerprint density at radius 3 is 2.27 bits per heavy atom. The lowest BCUT2D eigenvalue weighted by Crippen LogP contribution is -2.50. The summed E-state index contributed by atoms with van der Waals surface area (Å²) in [6.45, 7) is 0.583. The van der Waals surface area contributed by atoms with Crippen LogP contribution in [0, 0.1) is 11.6 Å². The molecule has 1 saturated heterocycles. The summed E-state index contributed by atoms with van der Waals surface area (Å²) in [5, 5.41) is 4.24. The van der Waals surface area contributed by atoms with Crippen molar-refractivity contribution in [3.05, 3.63) is 78.1 Å². The molecule has 1 aliphatic heterocycles. The Bertz CT molecular complexity index is 1170. The lowest BCUT2D eigenvalue weighted by atomic mass is 10.3. The molecular weight excluding hydrogens is 414 g/mol. The molecule has 0 unspecified atom stereocenters. The Morgan fingerprint density at radius 2 is 1.60 bits per heavy atom. The van der Waals surface area contributed by atoms with Crippen molar-refractivity contribution in [3.63, 3.8) is 0 Å². The first-order valence-electron chi connectivity index (χ1n) is 9.21. The van der Waals surface area contributed by atoms with Crippen LogP contribution in [0.15, 0.2) is 65.7 Å². The van der Waals surface area contributed by atoms with Crippen molar-refractivity contribution >= 4 is 15.9 Å². The Morgan fingerprint density at radius 1 is 0.900 bits per heavy atom. The average molecular weight is 432 g/mol. The van der Waals surface area contributed by atoms with Gasteiger partial charge in [-0.1, -0.05) is 6.07 Å². The van der Waals surface area contributed by atoms with E-state index in [1.54, 1.807) is 24.4 Å². The fraction of sp³-hybridized carbons (Fsp3) is 0.200. The van der Waals surface area contributed by atoms with E-state index >= 15 is 0 Å². The highest BCUT2D eigenvalue weighted by Gasteiger charge is 2.31. The van der Waals surface area contributed by atoms with Crippen LogP contribution in [0.4, 0.5) is 8.78 Å². The summed E-state index contributed by atoms with van der Waals surface area (Å²) in [5.74, 6) is -1.31. The minimum absolute atomic E-state index is 0.100. The molecule has 3 aromatic rings. The van der Waals surface area contributed by atoms with E-state index in [1.165, 1.54) is 44.2 Å². The number of sulfonamides is 1. The summed E-state index contributed by atoms with van der Waals surface area (Å²) in [5.41, 5.74) is 0.821. The molecule has 30 heavy (non-hydrogen) atoms. The van der Waals surface area contributed by atoms with Gasteiger partial charge in [-0.3, -0.25) is 4.79 Å². The maximum atomic E-state index is 13.4. The van der Waals surface area contributed by atoms with Gasteiger partial charge in [0.15, 0.2) is 5.69 Å². The zero-order chi connectivity index (χ0) is 21.3. The number of rotatable bonds is 4. The summed E-state index contributed by atoms with van der Waals surface area (Å²) in [6, 6.07) is 12.1. The number of hydrogen-bond acceptors (Lipinski definition) is 4. The minimum atomic E-state index is -3.83. The van der Waals surface area contributed by atoms with Gasteiger partial charge in [0.25, 0.3) is 5.91 Å². The molecule has 0 aliphatic carbocycles. The van der Waals surface area contributed by atoms with Crippen LogP contribution in [-0.4, -0.2) is 59.5 Å². The second-order valence-electron chi connectivity index (χ2n) is 6.78. The standard InChI is InChI=1S/C20H18F2N4O3S/c21-15-4-6-17(7-5-15)26-9-8-19(23-26)20(27)24-10-12-25(13-11-24)30(28,29)18-3-1-2-16(22)14-18/h1-9,14H,10-13H2. The Balaban J connectivity index is 1.43. The van der Waals surface area contributed by atoms with Crippen molar-refractivity contribution < 1.29 is 22.0 Å². The SMILES string of the molecule is O=C(c1ccn(-c2ccc(F)cc2)n1)N1CCN(S(=O)(=O)c2cccc(F)c2)CC1. The monoisotopic (exact) mass is 432 g/mol. The van der Waals surface area contributed by atoms with E-state index in [-0.39, 0.29) is 48.5 Å². The van der Waals surface area contributed by atoms with Gasteiger partial charge in [0.1, 0.15) is 11.6 Å². The molecule has 0 bridgehead atoms. The van der Waals surface area contributed by atoms with Gasteiger partial charge in [-0.2, -0.15) is 9.40 Å². The fourth-order valence-electron chi connectivity index (χ4n) is 3.25. The maximum absolute atomic E-state index is 13.4. The second kappa shape index (κ2) is 7.96. The lowest BCUT2D eigenvalue weighted by Gasteiger charge is -2.33. The largest absolute Gasteiger partial charge is 0.335 e. The average Bonchev–Trinajstić information content (AvgIpc) is 3.24. The predicted octanol–water partition coefficient (Wildman–Crippen LogP) is 2.30. The number of aromatic nitrogens is 2. The lowest BCUT2D eigenvalue weighted by molar-refractivity contribution is 0.0691. The topological polar surface area (TPSA) is 75.5 Å². The Labute approximate surface area is 172 Å². The van der Waals surface area contributed by atoms with Crippen molar-refractivity contribution in [2.75, 3.05) is 26.2 Å². The third-order valence-electron chi connectivity index (χ3n) is 4.86. The van der Waals surface area contributed by atoms with E-state index in [2.05, 4.69) is 5.10 Å². The molecule has 1 aliphatic rings. The smallest absolute Gasteiger partial charge is 0.274 e. The number of carbonyl (C=O) groups is 1. The van der Waals surface area contributed by atoms with Crippen molar-refractivity contribution in [2.24, 2.45) is 0 Å². The van der Waals surface area contributed by atoms with Crippen LogP contribution in [0.5, 0.6) is 0 Å². The second-order valence-corrected chi connectivity index (χ2v) is 8.71. The highest BCUT2D eigenvalue weighted by atomic mass is 32.2. The molecule has 0 N–H and O–H groups in total. The maximum Gasteiger partial charge on any atom is 0.274 e. The number of halogens is 2. The van der Waals surface area contributed by atoms with Crippen LogP contribution in [0.2, 0.25) is 0 Å². The van der Waals surface area contributed by atoms with Gasteiger partial charge in [0, 0.05) is 32.4 Å². The number of nitrogens with zero attached hydrogens (tertiary/aromatic N) is 4. The van der Waals surface area contributed by atoms with Crippen LogP contribution in [0.25, 0.3) is 5.69 Å². The molecule has 0 spiro atoms. The van der Waals surface area contributed by atoms with E-state index in [0.717, 1.165) is 6.07 Å². The van der Waals surface area contributed by atoms with E-state index in [4.69, 9.17) is 0 Å². The van der Waals surface area contributed by atoms with Crippen LogP contribution in [0.3, 0.4) is 0 Å². The molecule has 0 radical (unpaired) electrons. The van der Waals surface area contributed by atoms with Gasteiger partial charge in [0.05, 0.1) is 10.6 Å². The highest BCUT2D eigenvalue weighted by molar-refractivity contribution is 7.89. The molecule has 1 aromatic heterocycles. The molecule has 1 fully saturated rings. The summed E-state index contributed by atoms with van der Waals surface area (Å²) in [7, 11) is -3.83. The molecule has 2 heterocycles. The molecule has 1 amide bonds. The molecular formula is C20H18F2N4O3S. The molecule has 10 heteroatoms. The van der Waals surface area contributed by atoms with Crippen LogP contribution in [0.1, 0.15) is 10.5 Å². The third kappa shape index (κ3) is 3.96. The first-order chi connectivity index (χ1) is 14.3. The van der Waals surface area contributed by atoms with Gasteiger partial charge < -0.3 is 4.90 Å². The Kier molecular flexibility index (Phi) is 5.35. The molecule has 156 valence electrons. The number of piperazine rings is 1. The van der Waals surface area contributed by atoms with Crippen molar-refractivity contribution in [3.8, 4) is 5.69 Å². The van der Waals surface area contributed by atoms with Gasteiger partial charge in [-0.25, -0.2) is 21.9 Å². The fourth-order valence-corrected chi connectivity index (χ4v) is 4.70. The van der Waals surface area contributed by atoms with Crippen molar-refractivity contribution in [1.82, 2.24) is 19.0 Å². The number of amides is 1. The number of benzene rings is 2. The van der Waals surface area contributed by atoms with Crippen LogP contribution < -0.4 is 0 Å². The molecule has 0 atom stereocenters. The quantitative estimate of drug-likeness (QED) is 0.634. The normalized spacial score (nSPS) is 15.3. The van der Waals surface area contributed by atoms with Gasteiger partial charge >= 0.3 is 0 Å². The predicted molar refractivity (Wildman–Crippen MR) is 105 cm³/mol.